The second-order valence-corrected chi connectivity index (χ2v) is 11.0. The van der Waals surface area contributed by atoms with E-state index >= 15 is 0 Å². The summed E-state index contributed by atoms with van der Waals surface area (Å²) in [5.74, 6) is -0.152. The number of hydrogen-bond acceptors (Lipinski definition) is 6. The fourth-order valence-corrected chi connectivity index (χ4v) is 5.70. The average molecular weight is 568 g/mol. The Bertz CT molecular complexity index is 1600. The van der Waals surface area contributed by atoms with Crippen molar-refractivity contribution in [1.29, 1.82) is 0 Å². The molecule has 3 aromatic carbocycles. The number of carbonyl (C=O) groups excluding carboxylic acids is 2. The second kappa shape index (κ2) is 12.6. The van der Waals surface area contributed by atoms with Gasteiger partial charge in [-0.25, -0.2) is 18.8 Å². The maximum atomic E-state index is 13.7. The molecule has 218 valence electrons. The Balaban J connectivity index is 1.29. The molecule has 0 spiro atoms. The van der Waals surface area contributed by atoms with Crippen LogP contribution in [0, 0.1) is 6.92 Å². The van der Waals surface area contributed by atoms with Gasteiger partial charge in [-0.3, -0.25) is 9.69 Å². The van der Waals surface area contributed by atoms with Crippen molar-refractivity contribution in [3.05, 3.63) is 112 Å². The average Bonchev–Trinajstić information content (AvgIpc) is 3.39. The van der Waals surface area contributed by atoms with Gasteiger partial charge in [0.2, 0.25) is 5.91 Å². The molecule has 1 aliphatic heterocycles. The highest BCUT2D eigenvalue weighted by Crippen LogP contribution is 2.33. The summed E-state index contributed by atoms with van der Waals surface area (Å²) in [7, 11) is 1.35. The third kappa shape index (κ3) is 6.06. The number of nitrogens with zero attached hydrogens (tertiary/aromatic N) is 4. The van der Waals surface area contributed by atoms with Crippen LogP contribution in [-0.2, 0) is 9.53 Å². The number of carbonyl (C=O) groups is 2. The molecule has 1 unspecified atom stereocenters. The molecule has 1 atom stereocenters. The van der Waals surface area contributed by atoms with E-state index in [4.69, 9.17) is 4.74 Å². The Kier molecular flexibility index (Phi) is 8.68. The summed E-state index contributed by atoms with van der Waals surface area (Å²) in [5.41, 5.74) is 4.66. The van der Waals surface area contributed by atoms with E-state index in [0.29, 0.717) is 17.2 Å². The van der Waals surface area contributed by atoms with E-state index in [1.807, 2.05) is 63.2 Å². The zero-order valence-corrected chi connectivity index (χ0v) is 24.5. The van der Waals surface area contributed by atoms with Crippen LogP contribution < -0.4 is 11.0 Å². The number of rotatable bonds is 8. The van der Waals surface area contributed by atoms with Crippen LogP contribution in [0.15, 0.2) is 83.9 Å². The van der Waals surface area contributed by atoms with Gasteiger partial charge in [0.25, 0.3) is 0 Å². The lowest BCUT2D eigenvalue weighted by molar-refractivity contribution is -0.122. The second-order valence-electron chi connectivity index (χ2n) is 11.0. The molecule has 9 heteroatoms. The minimum absolute atomic E-state index is 0.00115. The first-order valence-electron chi connectivity index (χ1n) is 14.3. The summed E-state index contributed by atoms with van der Waals surface area (Å²) in [5, 5.41) is 7.30. The Morgan fingerprint density at radius 3 is 2.26 bits per heavy atom. The number of piperidine rings is 1. The molecule has 2 heterocycles. The summed E-state index contributed by atoms with van der Waals surface area (Å²) in [6.07, 6.45) is 3.39. The number of aromatic nitrogens is 3. The Morgan fingerprint density at radius 1 is 0.976 bits per heavy atom. The van der Waals surface area contributed by atoms with Crippen LogP contribution in [0.4, 0.5) is 5.69 Å². The molecular weight excluding hydrogens is 530 g/mol. The van der Waals surface area contributed by atoms with Gasteiger partial charge in [0, 0.05) is 5.69 Å². The summed E-state index contributed by atoms with van der Waals surface area (Å²) < 4.78 is 7.89. The van der Waals surface area contributed by atoms with Crippen LogP contribution in [0.2, 0.25) is 0 Å². The highest BCUT2D eigenvalue weighted by Gasteiger charge is 2.32. The number of benzene rings is 3. The first-order chi connectivity index (χ1) is 20.3. The molecule has 0 bridgehead atoms. The molecule has 0 saturated carbocycles. The topological polar surface area (TPSA) is 98.5 Å². The van der Waals surface area contributed by atoms with Gasteiger partial charge in [-0.05, 0) is 99.6 Å². The third-order valence-corrected chi connectivity index (χ3v) is 7.98. The number of nitrogens with one attached hydrogen (secondary N) is 1. The summed E-state index contributed by atoms with van der Waals surface area (Å²) in [6, 6.07) is 22.7. The number of ether oxygens (including phenoxy) is 1. The van der Waals surface area contributed by atoms with Crippen molar-refractivity contribution in [2.75, 3.05) is 25.5 Å². The van der Waals surface area contributed by atoms with Gasteiger partial charge in [0.15, 0.2) is 0 Å². The first kappa shape index (κ1) is 29.0. The maximum Gasteiger partial charge on any atom is 0.350 e. The molecule has 0 radical (unpaired) electrons. The maximum absolute atomic E-state index is 13.7. The van der Waals surface area contributed by atoms with Crippen LogP contribution >= 0.6 is 0 Å². The van der Waals surface area contributed by atoms with Gasteiger partial charge in [-0.15, -0.1) is 0 Å². The zero-order chi connectivity index (χ0) is 29.8. The van der Waals surface area contributed by atoms with Crippen LogP contribution in [0.3, 0.4) is 0 Å². The van der Waals surface area contributed by atoms with Gasteiger partial charge < -0.3 is 10.1 Å². The molecule has 4 aromatic rings. The Hall–Kier alpha value is -4.50. The molecule has 1 N–H and O–H groups in total. The molecule has 1 aromatic heterocycles. The molecule has 1 saturated heterocycles. The van der Waals surface area contributed by atoms with E-state index < -0.39 is 12.0 Å². The molecular formula is C33H37N5O4. The minimum Gasteiger partial charge on any atom is -0.465 e. The lowest BCUT2D eigenvalue weighted by Crippen LogP contribution is -2.41. The number of hydrogen-bond donors (Lipinski definition) is 1. The third-order valence-electron chi connectivity index (χ3n) is 7.98. The van der Waals surface area contributed by atoms with E-state index in [2.05, 4.69) is 27.4 Å². The Labute approximate surface area is 245 Å². The van der Waals surface area contributed by atoms with Crippen LogP contribution in [0.1, 0.15) is 71.7 Å². The standard InChI is InChI=1S/C33H37N5O4/c1-22(2)38-33(41)37(21-34-38)28-13-10-24(11-14-28)25-16-18-36(19-17-25)30(26-8-6-5-7-9-26)31(39)35-27-12-15-29(23(3)20-27)32(40)42-4/h5-15,20-22,25,30H,16-19H2,1-4H3,(H,35,39). The van der Waals surface area contributed by atoms with Gasteiger partial charge in [0.05, 0.1) is 24.4 Å². The highest BCUT2D eigenvalue weighted by molar-refractivity contribution is 5.97. The lowest BCUT2D eigenvalue weighted by Gasteiger charge is -2.37. The molecule has 1 fully saturated rings. The highest BCUT2D eigenvalue weighted by atomic mass is 16.5. The fraction of sp³-hybridized carbons (Fsp3) is 0.333. The molecule has 1 aliphatic rings. The Morgan fingerprint density at radius 2 is 1.67 bits per heavy atom. The largest absolute Gasteiger partial charge is 0.465 e. The normalized spacial score (nSPS) is 15.0. The van der Waals surface area contributed by atoms with Crippen molar-refractivity contribution in [3.63, 3.8) is 0 Å². The number of amides is 1. The van der Waals surface area contributed by atoms with Crippen molar-refractivity contribution in [2.24, 2.45) is 0 Å². The monoisotopic (exact) mass is 567 g/mol. The van der Waals surface area contributed by atoms with Crippen molar-refractivity contribution >= 4 is 17.6 Å². The summed E-state index contributed by atoms with van der Waals surface area (Å²) >= 11 is 0. The first-order valence-corrected chi connectivity index (χ1v) is 14.3. The predicted octanol–water partition coefficient (Wildman–Crippen LogP) is 5.27. The number of aryl methyl sites for hydroxylation is 1. The summed E-state index contributed by atoms with van der Waals surface area (Å²) in [6.45, 7) is 7.22. The lowest BCUT2D eigenvalue weighted by atomic mass is 9.88. The minimum atomic E-state index is -0.445. The van der Waals surface area contributed by atoms with Crippen molar-refractivity contribution in [2.45, 2.75) is 51.6 Å². The molecule has 9 nitrogen and oxygen atoms in total. The van der Waals surface area contributed by atoms with E-state index in [-0.39, 0.29) is 17.6 Å². The number of likely N-dealkylation sites (tertiary alicyclic amines) is 1. The number of methoxy groups -OCH3 is 1. The molecule has 42 heavy (non-hydrogen) atoms. The van der Waals surface area contributed by atoms with E-state index in [1.54, 1.807) is 29.1 Å². The van der Waals surface area contributed by atoms with Crippen molar-refractivity contribution < 1.29 is 14.3 Å². The van der Waals surface area contributed by atoms with Gasteiger partial charge in [-0.2, -0.15) is 5.10 Å². The van der Waals surface area contributed by atoms with E-state index in [1.165, 1.54) is 17.4 Å². The predicted molar refractivity (Wildman–Crippen MR) is 162 cm³/mol. The van der Waals surface area contributed by atoms with E-state index in [9.17, 15) is 14.4 Å². The SMILES string of the molecule is COC(=O)c1ccc(NC(=O)C(c2ccccc2)N2CCC(c3ccc(-n4cnn(C(C)C)c4=O)cc3)CC2)cc1C. The number of anilines is 1. The summed E-state index contributed by atoms with van der Waals surface area (Å²) in [4.78, 5) is 40.6. The smallest absolute Gasteiger partial charge is 0.350 e. The van der Waals surface area contributed by atoms with Gasteiger partial charge in [-0.1, -0.05) is 42.5 Å². The van der Waals surface area contributed by atoms with Gasteiger partial charge in [0.1, 0.15) is 12.4 Å². The van der Waals surface area contributed by atoms with Crippen LogP contribution in [0.25, 0.3) is 5.69 Å². The van der Waals surface area contributed by atoms with Crippen LogP contribution in [-0.4, -0.2) is 51.3 Å². The van der Waals surface area contributed by atoms with Gasteiger partial charge >= 0.3 is 11.7 Å². The van der Waals surface area contributed by atoms with Crippen molar-refractivity contribution in [3.8, 4) is 5.69 Å². The van der Waals surface area contributed by atoms with E-state index in [0.717, 1.165) is 42.7 Å². The fourth-order valence-electron chi connectivity index (χ4n) is 5.70. The molecule has 1 amide bonds. The molecule has 5 rings (SSSR count). The van der Waals surface area contributed by atoms with Crippen molar-refractivity contribution in [1.82, 2.24) is 19.2 Å². The quantitative estimate of drug-likeness (QED) is 0.291. The zero-order valence-electron chi connectivity index (χ0n) is 24.5. The van der Waals surface area contributed by atoms with Crippen LogP contribution in [0.5, 0.6) is 0 Å². The number of esters is 1. The molecule has 0 aliphatic carbocycles.